The highest BCUT2D eigenvalue weighted by atomic mass is 79.9. The van der Waals surface area contributed by atoms with Crippen molar-refractivity contribution in [3.8, 4) is 0 Å². The molecule has 0 fully saturated rings. The van der Waals surface area contributed by atoms with Crippen LogP contribution in [0.15, 0.2) is 40.2 Å². The normalized spacial score (nSPS) is 12.7. The zero-order valence-corrected chi connectivity index (χ0v) is 12.3. The molecule has 78 valence electrons. The van der Waals surface area contributed by atoms with Gasteiger partial charge in [-0.15, -0.1) is 11.3 Å². The van der Waals surface area contributed by atoms with Gasteiger partial charge in [-0.25, -0.2) is 0 Å². The van der Waals surface area contributed by atoms with Crippen molar-refractivity contribution in [3.05, 3.63) is 55.6 Å². The lowest BCUT2D eigenvalue weighted by atomic mass is 10.1. The van der Waals surface area contributed by atoms with E-state index < -0.39 is 0 Å². The highest BCUT2D eigenvalue weighted by molar-refractivity contribution is 9.11. The van der Waals surface area contributed by atoms with E-state index in [2.05, 4.69) is 49.4 Å². The molecule has 0 N–H and O–H groups in total. The van der Waals surface area contributed by atoms with Crippen molar-refractivity contribution in [3.63, 3.8) is 0 Å². The van der Waals surface area contributed by atoms with Crippen molar-refractivity contribution in [2.24, 2.45) is 0 Å². The molecule has 0 aliphatic carbocycles. The lowest BCUT2D eigenvalue weighted by molar-refractivity contribution is 1.21. The van der Waals surface area contributed by atoms with Crippen molar-refractivity contribution < 1.29 is 0 Å². The predicted octanol–water partition coefficient (Wildman–Crippen LogP) is 5.65. The maximum Gasteiger partial charge on any atom is 0.0749 e. The van der Waals surface area contributed by atoms with E-state index in [0.717, 1.165) is 9.50 Å². The van der Waals surface area contributed by atoms with Crippen LogP contribution in [0.4, 0.5) is 0 Å². The number of thiophene rings is 1. The van der Waals surface area contributed by atoms with Crippen LogP contribution in [0.5, 0.6) is 0 Å². The second kappa shape index (κ2) is 5.00. The van der Waals surface area contributed by atoms with E-state index in [4.69, 9.17) is 11.6 Å². The molecule has 0 aliphatic heterocycles. The molecular formula is C11H7Br2ClS. The van der Waals surface area contributed by atoms with Gasteiger partial charge in [-0.3, -0.25) is 0 Å². The standard InChI is InChI=1S/C11H7Br2ClS/c12-9-4-5-15-11(9)10(13)7-2-1-3-8(14)6-7/h1-6,10H. The number of hydrogen-bond donors (Lipinski definition) is 0. The third-order valence-electron chi connectivity index (χ3n) is 2.02. The summed E-state index contributed by atoms with van der Waals surface area (Å²) in [6.07, 6.45) is 0. The summed E-state index contributed by atoms with van der Waals surface area (Å²) in [6, 6.07) is 9.95. The fourth-order valence-corrected chi connectivity index (χ4v) is 4.27. The van der Waals surface area contributed by atoms with Gasteiger partial charge in [0.15, 0.2) is 0 Å². The van der Waals surface area contributed by atoms with Crippen LogP contribution in [0.25, 0.3) is 0 Å². The molecule has 0 radical (unpaired) electrons. The van der Waals surface area contributed by atoms with Crippen LogP contribution >= 0.6 is 54.8 Å². The summed E-state index contributed by atoms with van der Waals surface area (Å²) < 4.78 is 1.13. The molecule has 0 amide bonds. The summed E-state index contributed by atoms with van der Waals surface area (Å²) >= 11 is 14.9. The topological polar surface area (TPSA) is 0 Å². The molecule has 0 nitrogen and oxygen atoms in total. The van der Waals surface area contributed by atoms with E-state index >= 15 is 0 Å². The molecule has 0 aliphatic rings. The van der Waals surface area contributed by atoms with Gasteiger partial charge in [-0.1, -0.05) is 39.7 Å². The van der Waals surface area contributed by atoms with Gasteiger partial charge in [0, 0.05) is 14.4 Å². The van der Waals surface area contributed by atoms with Crippen molar-refractivity contribution in [2.75, 3.05) is 0 Å². The Labute approximate surface area is 115 Å². The second-order valence-electron chi connectivity index (χ2n) is 3.05. The third kappa shape index (κ3) is 2.64. The van der Waals surface area contributed by atoms with Crippen LogP contribution in [0.1, 0.15) is 15.3 Å². The molecule has 0 saturated carbocycles. The Morgan fingerprint density at radius 1 is 1.27 bits per heavy atom. The van der Waals surface area contributed by atoms with E-state index in [9.17, 15) is 0 Å². The Balaban J connectivity index is 2.36. The van der Waals surface area contributed by atoms with Gasteiger partial charge in [0.2, 0.25) is 0 Å². The van der Waals surface area contributed by atoms with Gasteiger partial charge in [0.1, 0.15) is 0 Å². The van der Waals surface area contributed by atoms with Crippen molar-refractivity contribution in [1.29, 1.82) is 0 Å². The van der Waals surface area contributed by atoms with E-state index in [1.807, 2.05) is 18.2 Å². The van der Waals surface area contributed by atoms with Crippen molar-refractivity contribution in [2.45, 2.75) is 4.83 Å². The molecule has 1 unspecified atom stereocenters. The van der Waals surface area contributed by atoms with E-state index in [1.54, 1.807) is 11.3 Å². The van der Waals surface area contributed by atoms with Gasteiger partial charge >= 0.3 is 0 Å². The molecular weight excluding hydrogens is 359 g/mol. The van der Waals surface area contributed by atoms with Crippen molar-refractivity contribution in [1.82, 2.24) is 0 Å². The monoisotopic (exact) mass is 364 g/mol. The van der Waals surface area contributed by atoms with Crippen LogP contribution in [-0.2, 0) is 0 Å². The summed E-state index contributed by atoms with van der Waals surface area (Å²) in [5.74, 6) is 0. The molecule has 1 aromatic carbocycles. The van der Waals surface area contributed by atoms with Crippen LogP contribution < -0.4 is 0 Å². The Hall–Kier alpha value is 0.170. The Morgan fingerprint density at radius 2 is 2.07 bits per heavy atom. The van der Waals surface area contributed by atoms with Gasteiger partial charge in [0.05, 0.1) is 4.83 Å². The Bertz CT molecular complexity index is 467. The molecule has 2 aromatic rings. The first kappa shape index (κ1) is 11.6. The highest BCUT2D eigenvalue weighted by Gasteiger charge is 2.14. The minimum atomic E-state index is 0.200. The molecule has 1 heterocycles. The zero-order valence-electron chi connectivity index (χ0n) is 7.58. The number of hydrogen-bond acceptors (Lipinski definition) is 1. The van der Waals surface area contributed by atoms with Crippen LogP contribution in [0.3, 0.4) is 0 Å². The first-order valence-electron chi connectivity index (χ1n) is 4.31. The summed E-state index contributed by atoms with van der Waals surface area (Å²) in [7, 11) is 0. The smallest absolute Gasteiger partial charge is 0.0749 e. The average molecular weight is 367 g/mol. The third-order valence-corrected chi connectivity index (χ3v) is 5.48. The van der Waals surface area contributed by atoms with E-state index in [1.165, 1.54) is 10.4 Å². The van der Waals surface area contributed by atoms with Crippen LogP contribution in [0.2, 0.25) is 5.02 Å². The minimum Gasteiger partial charge on any atom is -0.146 e. The molecule has 2 rings (SSSR count). The molecule has 0 bridgehead atoms. The summed E-state index contributed by atoms with van der Waals surface area (Å²) in [6.45, 7) is 0. The maximum absolute atomic E-state index is 5.96. The SMILES string of the molecule is Clc1cccc(C(Br)c2sccc2Br)c1. The highest BCUT2D eigenvalue weighted by Crippen LogP contribution is 2.39. The second-order valence-corrected chi connectivity index (χ2v) is 6.20. The van der Waals surface area contributed by atoms with Gasteiger partial charge in [0.25, 0.3) is 0 Å². The lowest BCUT2D eigenvalue weighted by Gasteiger charge is -2.09. The number of benzene rings is 1. The first-order chi connectivity index (χ1) is 7.18. The quantitative estimate of drug-likeness (QED) is 0.603. The minimum absolute atomic E-state index is 0.200. The maximum atomic E-state index is 5.96. The molecule has 1 aromatic heterocycles. The number of rotatable bonds is 2. The molecule has 0 spiro atoms. The molecule has 0 saturated heterocycles. The first-order valence-corrected chi connectivity index (χ1v) is 7.27. The molecule has 4 heteroatoms. The largest absolute Gasteiger partial charge is 0.146 e. The fourth-order valence-electron chi connectivity index (χ4n) is 1.30. The summed E-state index contributed by atoms with van der Waals surface area (Å²) in [5.41, 5.74) is 1.17. The Kier molecular flexibility index (Phi) is 3.88. The zero-order chi connectivity index (χ0) is 10.8. The number of halogens is 3. The predicted molar refractivity (Wildman–Crippen MR) is 74.2 cm³/mol. The van der Waals surface area contributed by atoms with E-state index in [0.29, 0.717) is 0 Å². The Morgan fingerprint density at radius 3 is 2.67 bits per heavy atom. The van der Waals surface area contributed by atoms with E-state index in [-0.39, 0.29) is 4.83 Å². The fraction of sp³-hybridized carbons (Fsp3) is 0.0909. The van der Waals surface area contributed by atoms with Crippen molar-refractivity contribution >= 4 is 54.8 Å². The average Bonchev–Trinajstić information content (AvgIpc) is 2.63. The van der Waals surface area contributed by atoms with Crippen LogP contribution in [-0.4, -0.2) is 0 Å². The summed E-state index contributed by atoms with van der Waals surface area (Å²) in [5, 5.41) is 2.84. The van der Waals surface area contributed by atoms with Gasteiger partial charge < -0.3 is 0 Å². The lowest BCUT2D eigenvalue weighted by Crippen LogP contribution is -1.89. The number of alkyl halides is 1. The molecule has 15 heavy (non-hydrogen) atoms. The van der Waals surface area contributed by atoms with Gasteiger partial charge in [-0.05, 0) is 45.1 Å². The van der Waals surface area contributed by atoms with Crippen LogP contribution in [0, 0.1) is 0 Å². The van der Waals surface area contributed by atoms with Gasteiger partial charge in [-0.2, -0.15) is 0 Å². The summed E-state index contributed by atoms with van der Waals surface area (Å²) in [4.78, 5) is 1.46. The molecule has 1 atom stereocenters.